The van der Waals surface area contributed by atoms with Crippen LogP contribution in [0.15, 0.2) is 35.3 Å². The zero-order valence-electron chi connectivity index (χ0n) is 15.6. The van der Waals surface area contributed by atoms with Crippen LogP contribution in [0.2, 0.25) is 0 Å². The van der Waals surface area contributed by atoms with E-state index in [1.165, 1.54) is 5.69 Å². The first-order chi connectivity index (χ1) is 12.2. The van der Waals surface area contributed by atoms with Gasteiger partial charge in [0.05, 0.1) is 6.61 Å². The van der Waals surface area contributed by atoms with Crippen molar-refractivity contribution in [2.45, 2.75) is 6.42 Å². The van der Waals surface area contributed by atoms with Crippen molar-refractivity contribution in [2.75, 3.05) is 64.9 Å². The highest BCUT2D eigenvalue weighted by atomic mass is 127. The highest BCUT2D eigenvalue weighted by Gasteiger charge is 2.20. The molecule has 7 nitrogen and oxygen atoms in total. The molecule has 1 aromatic carbocycles. The second-order valence-electron chi connectivity index (χ2n) is 5.87. The largest absolute Gasteiger partial charge is 0.383 e. The van der Waals surface area contributed by atoms with Crippen molar-refractivity contribution in [1.82, 2.24) is 15.5 Å². The average Bonchev–Trinajstić information content (AvgIpc) is 2.67. The summed E-state index contributed by atoms with van der Waals surface area (Å²) < 4.78 is 4.99. The van der Waals surface area contributed by atoms with Crippen molar-refractivity contribution < 1.29 is 9.53 Å². The first-order valence-corrected chi connectivity index (χ1v) is 8.76. The van der Waals surface area contributed by atoms with Crippen LogP contribution in [-0.2, 0) is 9.53 Å². The molecule has 1 aliphatic heterocycles. The molecule has 1 fully saturated rings. The number of para-hydroxylation sites is 1. The molecule has 1 amide bonds. The third-order valence-corrected chi connectivity index (χ3v) is 4.21. The van der Waals surface area contributed by atoms with Gasteiger partial charge in [-0.3, -0.25) is 9.79 Å². The predicted octanol–water partition coefficient (Wildman–Crippen LogP) is 1.15. The van der Waals surface area contributed by atoms with E-state index in [1.54, 1.807) is 14.2 Å². The van der Waals surface area contributed by atoms with E-state index < -0.39 is 0 Å². The maximum absolute atomic E-state index is 12.4. The topological polar surface area (TPSA) is 69.2 Å². The van der Waals surface area contributed by atoms with E-state index in [4.69, 9.17) is 4.74 Å². The number of piperazine rings is 1. The van der Waals surface area contributed by atoms with Crippen LogP contribution in [0.3, 0.4) is 0 Å². The number of guanidine groups is 1. The molecule has 0 spiro atoms. The third-order valence-electron chi connectivity index (χ3n) is 4.21. The van der Waals surface area contributed by atoms with Gasteiger partial charge in [0.2, 0.25) is 5.91 Å². The van der Waals surface area contributed by atoms with Gasteiger partial charge in [-0.15, -0.1) is 24.0 Å². The molecule has 0 saturated carbocycles. The number of benzene rings is 1. The number of nitrogens with one attached hydrogen (secondary N) is 2. The van der Waals surface area contributed by atoms with Gasteiger partial charge >= 0.3 is 0 Å². The number of carbonyl (C=O) groups excluding carboxylic acids is 1. The third kappa shape index (κ3) is 7.36. The molecule has 0 aromatic heterocycles. The molecule has 1 aromatic rings. The van der Waals surface area contributed by atoms with E-state index in [0.717, 1.165) is 26.2 Å². The summed E-state index contributed by atoms with van der Waals surface area (Å²) in [6.07, 6.45) is 0.469. The summed E-state index contributed by atoms with van der Waals surface area (Å²) in [7, 11) is 3.38. The number of rotatable bonds is 7. The average molecular weight is 475 g/mol. The van der Waals surface area contributed by atoms with E-state index in [1.807, 2.05) is 23.1 Å². The first-order valence-electron chi connectivity index (χ1n) is 8.76. The number of hydrogen-bond donors (Lipinski definition) is 2. The van der Waals surface area contributed by atoms with Gasteiger partial charge in [0, 0.05) is 65.5 Å². The lowest BCUT2D eigenvalue weighted by atomic mass is 10.2. The summed E-state index contributed by atoms with van der Waals surface area (Å²) >= 11 is 0. The highest BCUT2D eigenvalue weighted by molar-refractivity contribution is 14.0. The highest BCUT2D eigenvalue weighted by Crippen LogP contribution is 2.15. The van der Waals surface area contributed by atoms with Crippen LogP contribution in [0.5, 0.6) is 0 Å². The van der Waals surface area contributed by atoms with Crippen molar-refractivity contribution in [3.8, 4) is 0 Å². The molecular formula is C18H30IN5O2. The lowest BCUT2D eigenvalue weighted by Gasteiger charge is -2.36. The summed E-state index contributed by atoms with van der Waals surface area (Å²) in [5.41, 5.74) is 1.22. The predicted molar refractivity (Wildman–Crippen MR) is 117 cm³/mol. The van der Waals surface area contributed by atoms with Crippen LogP contribution >= 0.6 is 24.0 Å². The van der Waals surface area contributed by atoms with Gasteiger partial charge in [-0.1, -0.05) is 18.2 Å². The smallest absolute Gasteiger partial charge is 0.224 e. The van der Waals surface area contributed by atoms with Gasteiger partial charge in [-0.2, -0.15) is 0 Å². The van der Waals surface area contributed by atoms with E-state index in [0.29, 0.717) is 32.1 Å². The van der Waals surface area contributed by atoms with Gasteiger partial charge < -0.3 is 25.2 Å². The maximum Gasteiger partial charge on any atom is 0.224 e. The van der Waals surface area contributed by atoms with Crippen molar-refractivity contribution in [3.05, 3.63) is 30.3 Å². The van der Waals surface area contributed by atoms with Crippen LogP contribution in [0.25, 0.3) is 0 Å². The molecule has 8 heteroatoms. The quantitative estimate of drug-likeness (QED) is 0.268. The zero-order valence-corrected chi connectivity index (χ0v) is 17.9. The Morgan fingerprint density at radius 3 is 2.38 bits per heavy atom. The first kappa shape index (κ1) is 22.5. The molecule has 0 bridgehead atoms. The van der Waals surface area contributed by atoms with E-state index in [2.05, 4.69) is 32.7 Å². The molecule has 1 heterocycles. The number of nitrogens with zero attached hydrogens (tertiary/aromatic N) is 3. The molecule has 1 aliphatic rings. The normalized spacial score (nSPS) is 14.6. The van der Waals surface area contributed by atoms with Crippen molar-refractivity contribution in [2.24, 2.45) is 4.99 Å². The lowest BCUT2D eigenvalue weighted by molar-refractivity contribution is -0.131. The Hall–Kier alpha value is -1.55. The summed E-state index contributed by atoms with van der Waals surface area (Å²) in [6, 6.07) is 10.3. The Labute approximate surface area is 173 Å². The molecule has 2 N–H and O–H groups in total. The fraction of sp³-hybridized carbons (Fsp3) is 0.556. The monoisotopic (exact) mass is 475 g/mol. The van der Waals surface area contributed by atoms with Gasteiger partial charge in [0.15, 0.2) is 5.96 Å². The summed E-state index contributed by atoms with van der Waals surface area (Å²) in [6.45, 7) is 5.18. The van der Waals surface area contributed by atoms with Crippen LogP contribution in [-0.4, -0.2) is 76.8 Å². The van der Waals surface area contributed by atoms with Crippen LogP contribution in [0.1, 0.15) is 6.42 Å². The van der Waals surface area contributed by atoms with Crippen molar-refractivity contribution in [1.29, 1.82) is 0 Å². The number of ether oxygens (including phenoxy) is 1. The number of amides is 1. The maximum atomic E-state index is 12.4. The van der Waals surface area contributed by atoms with E-state index in [-0.39, 0.29) is 29.9 Å². The number of carbonyl (C=O) groups is 1. The van der Waals surface area contributed by atoms with Gasteiger partial charge in [0.25, 0.3) is 0 Å². The molecule has 1 saturated heterocycles. The Balaban J connectivity index is 0.00000338. The molecule has 2 rings (SSSR count). The Morgan fingerprint density at radius 2 is 1.77 bits per heavy atom. The number of aliphatic imine (C=N–C) groups is 1. The van der Waals surface area contributed by atoms with Gasteiger partial charge in [-0.25, -0.2) is 0 Å². The summed E-state index contributed by atoms with van der Waals surface area (Å²) in [5.74, 6) is 0.881. The molecule has 0 aliphatic carbocycles. The molecule has 0 unspecified atom stereocenters. The lowest BCUT2D eigenvalue weighted by Crippen LogP contribution is -2.49. The van der Waals surface area contributed by atoms with Crippen LogP contribution in [0.4, 0.5) is 5.69 Å². The van der Waals surface area contributed by atoms with Crippen LogP contribution in [0, 0.1) is 0 Å². The zero-order chi connectivity index (χ0) is 17.9. The molecule has 0 atom stereocenters. The van der Waals surface area contributed by atoms with Crippen molar-refractivity contribution in [3.63, 3.8) is 0 Å². The fourth-order valence-electron chi connectivity index (χ4n) is 2.79. The SMILES string of the molecule is CN=C(NCCOC)NCCC(=O)N1CCN(c2ccccc2)CC1.I. The number of halogens is 1. The Bertz CT molecular complexity index is 548. The molecular weight excluding hydrogens is 445 g/mol. The fourth-order valence-corrected chi connectivity index (χ4v) is 2.79. The minimum absolute atomic E-state index is 0. The summed E-state index contributed by atoms with van der Waals surface area (Å²) in [4.78, 5) is 20.7. The Kier molecular flexibility index (Phi) is 11.0. The van der Waals surface area contributed by atoms with E-state index in [9.17, 15) is 4.79 Å². The Morgan fingerprint density at radius 1 is 1.12 bits per heavy atom. The minimum atomic E-state index is 0. The molecule has 0 radical (unpaired) electrons. The second-order valence-corrected chi connectivity index (χ2v) is 5.87. The number of hydrogen-bond acceptors (Lipinski definition) is 4. The van der Waals surface area contributed by atoms with Crippen LogP contribution < -0.4 is 15.5 Å². The van der Waals surface area contributed by atoms with Crippen molar-refractivity contribution >= 4 is 41.5 Å². The van der Waals surface area contributed by atoms with Gasteiger partial charge in [0.1, 0.15) is 0 Å². The number of methoxy groups -OCH3 is 1. The number of anilines is 1. The second kappa shape index (κ2) is 12.7. The molecule has 26 heavy (non-hydrogen) atoms. The summed E-state index contributed by atoms with van der Waals surface area (Å²) in [5, 5.41) is 6.29. The van der Waals surface area contributed by atoms with E-state index >= 15 is 0 Å². The standard InChI is InChI=1S/C18H29N5O2.HI/c1-19-18(21-10-15-25-2)20-9-8-17(24)23-13-11-22(12-14-23)16-6-4-3-5-7-16;/h3-7H,8-15H2,1-2H3,(H2,19,20,21);1H. The van der Waals surface area contributed by atoms with Gasteiger partial charge in [-0.05, 0) is 12.1 Å². The minimum Gasteiger partial charge on any atom is -0.383 e. The molecule has 146 valence electrons.